The lowest BCUT2D eigenvalue weighted by Gasteiger charge is -2.30. The molecule has 82 valence electrons. The molecule has 0 unspecified atom stereocenters. The summed E-state index contributed by atoms with van der Waals surface area (Å²) in [4.78, 5) is 11.0. The first-order valence-corrected chi connectivity index (χ1v) is 5.70. The molecule has 2 aliphatic heterocycles. The second kappa shape index (κ2) is 2.55. The number of fused-ring (bicyclic) bond motifs is 2. The van der Waals surface area contributed by atoms with Crippen molar-refractivity contribution in [2.45, 2.75) is 31.8 Å². The lowest BCUT2D eigenvalue weighted by molar-refractivity contribution is -0.175. The van der Waals surface area contributed by atoms with Gasteiger partial charge in [0.15, 0.2) is 6.29 Å². The Labute approximate surface area is 87.9 Å². The molecule has 2 saturated carbocycles. The first-order valence-electron chi connectivity index (χ1n) is 5.70. The monoisotopic (exact) mass is 210 g/mol. The van der Waals surface area contributed by atoms with Crippen molar-refractivity contribution < 1.29 is 19.0 Å². The van der Waals surface area contributed by atoms with Crippen molar-refractivity contribution in [1.82, 2.24) is 0 Å². The van der Waals surface area contributed by atoms with Crippen LogP contribution < -0.4 is 0 Å². The summed E-state index contributed by atoms with van der Waals surface area (Å²) in [6, 6.07) is 0. The number of rotatable bonds is 1. The van der Waals surface area contributed by atoms with Crippen molar-refractivity contribution in [3.63, 3.8) is 0 Å². The lowest BCUT2D eigenvalue weighted by Crippen LogP contribution is -2.40. The maximum Gasteiger partial charge on any atom is 0.303 e. The van der Waals surface area contributed by atoms with Gasteiger partial charge in [-0.25, -0.2) is 0 Å². The van der Waals surface area contributed by atoms with Gasteiger partial charge in [-0.05, 0) is 18.3 Å². The Morgan fingerprint density at radius 2 is 2.20 bits per heavy atom. The maximum absolute atomic E-state index is 11.0. The number of ether oxygens (including phenoxy) is 3. The highest BCUT2D eigenvalue weighted by Crippen LogP contribution is 2.63. The first-order chi connectivity index (χ1) is 7.25. The van der Waals surface area contributed by atoms with Crippen LogP contribution in [0.4, 0.5) is 0 Å². The van der Waals surface area contributed by atoms with Gasteiger partial charge >= 0.3 is 5.97 Å². The molecule has 4 nitrogen and oxygen atoms in total. The van der Waals surface area contributed by atoms with Crippen LogP contribution in [0.3, 0.4) is 0 Å². The summed E-state index contributed by atoms with van der Waals surface area (Å²) in [5, 5.41) is 0. The van der Waals surface area contributed by atoms with Crippen molar-refractivity contribution >= 4 is 5.97 Å². The van der Waals surface area contributed by atoms with E-state index < -0.39 is 0 Å². The van der Waals surface area contributed by atoms with E-state index in [1.165, 1.54) is 6.92 Å². The normalized spacial score (nSPS) is 58.9. The molecule has 0 aromatic heterocycles. The molecule has 15 heavy (non-hydrogen) atoms. The fourth-order valence-corrected chi connectivity index (χ4v) is 4.23. The number of carbonyl (C=O) groups is 1. The third kappa shape index (κ3) is 0.882. The van der Waals surface area contributed by atoms with Gasteiger partial charge in [-0.1, -0.05) is 0 Å². The third-order valence-corrected chi connectivity index (χ3v) is 4.61. The summed E-state index contributed by atoms with van der Waals surface area (Å²) in [5.74, 6) is 2.05. The highest BCUT2D eigenvalue weighted by molar-refractivity contribution is 5.66. The van der Waals surface area contributed by atoms with Gasteiger partial charge < -0.3 is 14.2 Å². The minimum absolute atomic E-state index is 0.00245. The van der Waals surface area contributed by atoms with E-state index in [1.54, 1.807) is 0 Å². The summed E-state index contributed by atoms with van der Waals surface area (Å²) in [6.45, 7) is 2.27. The fourth-order valence-electron chi connectivity index (χ4n) is 4.23. The molecule has 0 aromatic carbocycles. The summed E-state index contributed by atoms with van der Waals surface area (Å²) < 4.78 is 16.9. The molecule has 2 aliphatic carbocycles. The van der Waals surface area contributed by atoms with Crippen molar-refractivity contribution in [2.75, 3.05) is 6.61 Å². The van der Waals surface area contributed by atoms with Gasteiger partial charge in [-0.15, -0.1) is 0 Å². The zero-order chi connectivity index (χ0) is 10.2. The van der Waals surface area contributed by atoms with Crippen molar-refractivity contribution in [2.24, 2.45) is 23.7 Å². The van der Waals surface area contributed by atoms with Gasteiger partial charge in [0.2, 0.25) is 0 Å². The Kier molecular flexibility index (Phi) is 1.45. The number of carbonyl (C=O) groups excluding carboxylic acids is 1. The minimum atomic E-state index is -0.184. The van der Waals surface area contributed by atoms with Crippen LogP contribution in [0.5, 0.6) is 0 Å². The van der Waals surface area contributed by atoms with Gasteiger partial charge in [0.05, 0.1) is 6.61 Å². The summed E-state index contributed by atoms with van der Waals surface area (Å²) in [6.07, 6.45) is 1.28. The largest absolute Gasteiger partial charge is 0.459 e. The predicted octanol–water partition coefficient (Wildman–Crippen LogP) is 0.555. The molecule has 4 rings (SSSR count). The molecule has 2 bridgehead atoms. The molecular formula is C11H14O4. The molecule has 7 atom stereocenters. The van der Waals surface area contributed by atoms with Crippen LogP contribution in [0.25, 0.3) is 0 Å². The summed E-state index contributed by atoms with van der Waals surface area (Å²) >= 11 is 0. The van der Waals surface area contributed by atoms with Gasteiger partial charge in [0, 0.05) is 18.8 Å². The predicted molar refractivity (Wildman–Crippen MR) is 48.7 cm³/mol. The number of hydrogen-bond donors (Lipinski definition) is 0. The van der Waals surface area contributed by atoms with Crippen LogP contribution in [-0.4, -0.2) is 31.1 Å². The molecular weight excluding hydrogens is 196 g/mol. The van der Waals surface area contributed by atoms with Crippen molar-refractivity contribution in [1.29, 1.82) is 0 Å². The Morgan fingerprint density at radius 1 is 1.33 bits per heavy atom. The molecule has 2 saturated heterocycles. The van der Waals surface area contributed by atoms with Crippen molar-refractivity contribution in [3.05, 3.63) is 0 Å². The van der Waals surface area contributed by atoms with Crippen LogP contribution in [0, 0.1) is 23.7 Å². The Balaban J connectivity index is 1.68. The maximum atomic E-state index is 11.0. The average Bonchev–Trinajstić information content (AvgIpc) is 2.80. The molecule has 0 aromatic rings. The van der Waals surface area contributed by atoms with E-state index in [0.29, 0.717) is 23.7 Å². The zero-order valence-corrected chi connectivity index (χ0v) is 8.59. The molecule has 4 aliphatic rings. The molecule has 2 heterocycles. The van der Waals surface area contributed by atoms with Gasteiger partial charge in [-0.3, -0.25) is 4.79 Å². The van der Waals surface area contributed by atoms with E-state index in [-0.39, 0.29) is 24.5 Å². The van der Waals surface area contributed by atoms with Crippen LogP contribution in [0.2, 0.25) is 0 Å². The van der Waals surface area contributed by atoms with E-state index in [1.807, 2.05) is 0 Å². The molecule has 0 amide bonds. The second-order valence-corrected chi connectivity index (χ2v) is 5.18. The lowest BCUT2D eigenvalue weighted by atomic mass is 9.80. The Morgan fingerprint density at radius 3 is 3.00 bits per heavy atom. The Bertz CT molecular complexity index is 327. The van der Waals surface area contributed by atoms with Crippen LogP contribution in [0.15, 0.2) is 0 Å². The number of hydrogen-bond acceptors (Lipinski definition) is 4. The topological polar surface area (TPSA) is 44.8 Å². The molecule has 0 spiro atoms. The van der Waals surface area contributed by atoms with Crippen molar-refractivity contribution in [3.8, 4) is 0 Å². The minimum Gasteiger partial charge on any atom is -0.459 e. The first kappa shape index (κ1) is 8.53. The summed E-state index contributed by atoms with van der Waals surface area (Å²) in [7, 11) is 0. The van der Waals surface area contributed by atoms with Crippen LogP contribution in [-0.2, 0) is 19.0 Å². The van der Waals surface area contributed by atoms with Crippen LogP contribution >= 0.6 is 0 Å². The number of esters is 1. The zero-order valence-electron chi connectivity index (χ0n) is 8.59. The van der Waals surface area contributed by atoms with Gasteiger partial charge in [-0.2, -0.15) is 0 Å². The highest BCUT2D eigenvalue weighted by atomic mass is 16.7. The SMILES string of the molecule is CC(=O)O[C@@H]1[C@H]2C[C@H]3[C@@H]1O[C@H]1OC[C@@H]2[C@H]13. The van der Waals surface area contributed by atoms with Crippen LogP contribution in [0.1, 0.15) is 13.3 Å². The second-order valence-electron chi connectivity index (χ2n) is 5.18. The average molecular weight is 210 g/mol. The standard InChI is InChI=1S/C11H14O4/c1-4(12)14-9-5-2-6-8-7(5)3-13-11(8)15-10(6)9/h5-11H,2-3H2,1H3/t5-,6+,7-,8+,9+,10-,11+/m0/s1. The van der Waals surface area contributed by atoms with E-state index in [4.69, 9.17) is 14.2 Å². The van der Waals surface area contributed by atoms with E-state index in [0.717, 1.165) is 13.0 Å². The Hall–Kier alpha value is -0.610. The molecule has 0 N–H and O–H groups in total. The van der Waals surface area contributed by atoms with Gasteiger partial charge in [0.1, 0.15) is 12.2 Å². The summed E-state index contributed by atoms with van der Waals surface area (Å²) in [5.41, 5.74) is 0. The molecule has 0 radical (unpaired) electrons. The third-order valence-electron chi connectivity index (χ3n) is 4.61. The fraction of sp³-hybridized carbons (Fsp3) is 0.909. The van der Waals surface area contributed by atoms with E-state index in [9.17, 15) is 4.79 Å². The smallest absolute Gasteiger partial charge is 0.303 e. The van der Waals surface area contributed by atoms with E-state index in [2.05, 4.69) is 0 Å². The highest BCUT2D eigenvalue weighted by Gasteiger charge is 2.69. The molecule has 4 heteroatoms. The quantitative estimate of drug-likeness (QED) is 0.593. The molecule has 4 fully saturated rings. The van der Waals surface area contributed by atoms with E-state index >= 15 is 0 Å². The van der Waals surface area contributed by atoms with Gasteiger partial charge in [0.25, 0.3) is 0 Å².